The third-order valence-electron chi connectivity index (χ3n) is 5.07. The molecule has 32 heavy (non-hydrogen) atoms. The van der Waals surface area contributed by atoms with Gasteiger partial charge in [-0.2, -0.15) is 0 Å². The van der Waals surface area contributed by atoms with E-state index < -0.39 is 0 Å². The first-order valence-corrected chi connectivity index (χ1v) is 11.2. The van der Waals surface area contributed by atoms with Crippen LogP contribution in [-0.2, 0) is 0 Å². The second-order valence-electron chi connectivity index (χ2n) is 7.21. The van der Waals surface area contributed by atoms with Crippen LogP contribution in [0.15, 0.2) is 59.6 Å². The maximum absolute atomic E-state index is 12.6. The standard InChI is InChI=1S/C22H20BrClN6O2/c23-15-2-4-17(18(24)12-15)21(31)28-16-3-5-20(27-13-16)29-8-1-9-30(11-10-29)22(32)19-14-25-6-7-26-19/h2-7,12-14H,1,8-11H2,(H,28,31). The van der Waals surface area contributed by atoms with Gasteiger partial charge >= 0.3 is 0 Å². The number of pyridine rings is 1. The summed E-state index contributed by atoms with van der Waals surface area (Å²) < 4.78 is 0.805. The van der Waals surface area contributed by atoms with Crippen LogP contribution in [0, 0.1) is 0 Å². The molecule has 1 N–H and O–H groups in total. The van der Waals surface area contributed by atoms with Crippen molar-refractivity contribution in [3.05, 3.63) is 75.9 Å². The molecule has 0 spiro atoms. The summed E-state index contributed by atoms with van der Waals surface area (Å²) in [5, 5.41) is 3.18. The highest BCUT2D eigenvalue weighted by Crippen LogP contribution is 2.23. The van der Waals surface area contributed by atoms with Crippen LogP contribution >= 0.6 is 27.5 Å². The topological polar surface area (TPSA) is 91.3 Å². The minimum atomic E-state index is -0.301. The second kappa shape index (κ2) is 10.1. The van der Waals surface area contributed by atoms with E-state index in [1.165, 1.54) is 12.4 Å². The maximum atomic E-state index is 12.6. The highest BCUT2D eigenvalue weighted by atomic mass is 79.9. The molecule has 1 saturated heterocycles. The van der Waals surface area contributed by atoms with E-state index in [2.05, 4.69) is 41.1 Å². The SMILES string of the molecule is O=C(Nc1ccc(N2CCCN(C(=O)c3cnccn3)CC2)nc1)c1ccc(Br)cc1Cl. The van der Waals surface area contributed by atoms with E-state index in [-0.39, 0.29) is 11.8 Å². The lowest BCUT2D eigenvalue weighted by Crippen LogP contribution is -2.35. The van der Waals surface area contributed by atoms with Crippen molar-refractivity contribution in [1.29, 1.82) is 0 Å². The summed E-state index contributed by atoms with van der Waals surface area (Å²) in [6.07, 6.45) is 6.99. The molecule has 3 aromatic rings. The largest absolute Gasteiger partial charge is 0.355 e. The van der Waals surface area contributed by atoms with Crippen LogP contribution in [0.3, 0.4) is 0 Å². The number of nitrogens with zero attached hydrogens (tertiary/aromatic N) is 5. The molecule has 0 unspecified atom stereocenters. The Bertz CT molecular complexity index is 1110. The fourth-order valence-electron chi connectivity index (χ4n) is 3.44. The van der Waals surface area contributed by atoms with Crippen molar-refractivity contribution in [1.82, 2.24) is 19.9 Å². The number of hydrogen-bond acceptors (Lipinski definition) is 6. The quantitative estimate of drug-likeness (QED) is 0.567. The Morgan fingerprint density at radius 2 is 1.88 bits per heavy atom. The van der Waals surface area contributed by atoms with Crippen LogP contribution in [0.4, 0.5) is 11.5 Å². The number of amides is 2. The predicted molar refractivity (Wildman–Crippen MR) is 126 cm³/mol. The number of halogens is 2. The van der Waals surface area contributed by atoms with Crippen molar-refractivity contribution in [2.45, 2.75) is 6.42 Å². The van der Waals surface area contributed by atoms with E-state index in [0.29, 0.717) is 41.6 Å². The third-order valence-corrected chi connectivity index (χ3v) is 5.88. The van der Waals surface area contributed by atoms with Gasteiger partial charge in [-0.05, 0) is 36.8 Å². The van der Waals surface area contributed by atoms with Crippen LogP contribution in [0.5, 0.6) is 0 Å². The van der Waals surface area contributed by atoms with Gasteiger partial charge in [0.1, 0.15) is 11.5 Å². The molecule has 2 aromatic heterocycles. The first kappa shape index (κ1) is 22.2. The lowest BCUT2D eigenvalue weighted by Gasteiger charge is -2.22. The number of carbonyl (C=O) groups excluding carboxylic acids is 2. The number of rotatable bonds is 4. The zero-order valence-electron chi connectivity index (χ0n) is 17.0. The summed E-state index contributed by atoms with van der Waals surface area (Å²) in [7, 11) is 0. The molecule has 1 aliphatic rings. The number of nitrogens with one attached hydrogen (secondary N) is 1. The van der Waals surface area contributed by atoms with Crippen molar-refractivity contribution >= 4 is 50.9 Å². The Balaban J connectivity index is 1.37. The number of carbonyl (C=O) groups is 2. The number of anilines is 2. The summed E-state index contributed by atoms with van der Waals surface area (Å²) in [5.74, 6) is 0.376. The predicted octanol–water partition coefficient (Wildman–Crippen LogP) is 3.89. The van der Waals surface area contributed by atoms with Gasteiger partial charge in [0.25, 0.3) is 11.8 Å². The second-order valence-corrected chi connectivity index (χ2v) is 8.53. The highest BCUT2D eigenvalue weighted by molar-refractivity contribution is 9.10. The molecule has 0 atom stereocenters. The van der Waals surface area contributed by atoms with Gasteiger partial charge in [-0.1, -0.05) is 27.5 Å². The number of hydrogen-bond donors (Lipinski definition) is 1. The number of aromatic nitrogens is 3. The Morgan fingerprint density at radius 1 is 1.00 bits per heavy atom. The summed E-state index contributed by atoms with van der Waals surface area (Å²) in [5.41, 5.74) is 1.32. The van der Waals surface area contributed by atoms with Crippen molar-refractivity contribution in [2.75, 3.05) is 36.4 Å². The molecular weight excluding hydrogens is 496 g/mol. The molecule has 1 fully saturated rings. The highest BCUT2D eigenvalue weighted by Gasteiger charge is 2.22. The average molecular weight is 516 g/mol. The Morgan fingerprint density at radius 3 is 2.59 bits per heavy atom. The Labute approximate surface area is 198 Å². The summed E-state index contributed by atoms with van der Waals surface area (Å²) in [6.45, 7) is 2.64. The maximum Gasteiger partial charge on any atom is 0.274 e. The molecule has 0 saturated carbocycles. The average Bonchev–Trinajstić information content (AvgIpc) is 3.06. The van der Waals surface area contributed by atoms with Crippen molar-refractivity contribution in [3.63, 3.8) is 0 Å². The van der Waals surface area contributed by atoms with Gasteiger partial charge in [0.15, 0.2) is 0 Å². The molecule has 10 heteroatoms. The zero-order chi connectivity index (χ0) is 22.5. The van der Waals surface area contributed by atoms with Crippen LogP contribution in [0.1, 0.15) is 27.3 Å². The normalized spacial score (nSPS) is 14.1. The van der Waals surface area contributed by atoms with Crippen molar-refractivity contribution in [3.8, 4) is 0 Å². The van der Waals surface area contributed by atoms with Gasteiger partial charge in [-0.25, -0.2) is 9.97 Å². The van der Waals surface area contributed by atoms with Gasteiger partial charge in [-0.15, -0.1) is 0 Å². The smallest absolute Gasteiger partial charge is 0.274 e. The summed E-state index contributed by atoms with van der Waals surface area (Å²) in [4.78, 5) is 41.6. The first-order valence-electron chi connectivity index (χ1n) is 10.0. The van der Waals surface area contributed by atoms with E-state index in [1.54, 1.807) is 41.6 Å². The summed E-state index contributed by atoms with van der Waals surface area (Å²) in [6, 6.07) is 8.77. The fraction of sp³-hybridized carbons (Fsp3) is 0.227. The Hall–Kier alpha value is -3.04. The van der Waals surface area contributed by atoms with Crippen LogP contribution in [0.2, 0.25) is 5.02 Å². The molecule has 3 heterocycles. The lowest BCUT2D eigenvalue weighted by molar-refractivity contribution is 0.0760. The molecular formula is C22H20BrClN6O2. The molecule has 8 nitrogen and oxygen atoms in total. The Kier molecular flexibility index (Phi) is 6.96. The summed E-state index contributed by atoms with van der Waals surface area (Å²) >= 11 is 9.49. The molecule has 1 aliphatic heterocycles. The van der Waals surface area contributed by atoms with E-state index in [4.69, 9.17) is 11.6 Å². The minimum absolute atomic E-state index is 0.113. The molecule has 0 bridgehead atoms. The molecule has 0 aliphatic carbocycles. The van der Waals surface area contributed by atoms with Crippen molar-refractivity contribution in [2.24, 2.45) is 0 Å². The van der Waals surface area contributed by atoms with Crippen LogP contribution in [0.25, 0.3) is 0 Å². The van der Waals surface area contributed by atoms with E-state index in [0.717, 1.165) is 23.3 Å². The van der Waals surface area contributed by atoms with Gasteiger partial charge in [0.05, 0.1) is 28.7 Å². The first-order chi connectivity index (χ1) is 15.5. The van der Waals surface area contributed by atoms with Gasteiger partial charge in [0, 0.05) is 43.0 Å². The minimum Gasteiger partial charge on any atom is -0.355 e. The van der Waals surface area contributed by atoms with E-state index in [1.807, 2.05) is 6.07 Å². The van der Waals surface area contributed by atoms with Gasteiger partial charge in [-0.3, -0.25) is 14.6 Å². The molecule has 4 rings (SSSR count). The van der Waals surface area contributed by atoms with Crippen molar-refractivity contribution < 1.29 is 9.59 Å². The molecule has 1 aromatic carbocycles. The molecule has 164 valence electrons. The van der Waals surface area contributed by atoms with Gasteiger partial charge < -0.3 is 15.1 Å². The molecule has 0 radical (unpaired) electrons. The third kappa shape index (κ3) is 5.23. The number of benzene rings is 1. The van der Waals surface area contributed by atoms with E-state index >= 15 is 0 Å². The molecule has 2 amide bonds. The van der Waals surface area contributed by atoms with Gasteiger partial charge in [0.2, 0.25) is 0 Å². The fourth-order valence-corrected chi connectivity index (χ4v) is 4.20. The lowest BCUT2D eigenvalue weighted by atomic mass is 10.2. The van der Waals surface area contributed by atoms with Crippen LogP contribution in [-0.4, -0.2) is 57.8 Å². The monoisotopic (exact) mass is 514 g/mol. The zero-order valence-corrected chi connectivity index (χ0v) is 19.4. The van der Waals surface area contributed by atoms with Crippen LogP contribution < -0.4 is 10.2 Å². The van der Waals surface area contributed by atoms with E-state index in [9.17, 15) is 9.59 Å².